The van der Waals surface area contributed by atoms with Gasteiger partial charge in [-0.1, -0.05) is 0 Å². The first-order valence-electron chi connectivity index (χ1n) is 20.3. The zero-order valence-electron chi connectivity index (χ0n) is 34.3. The number of allylic oxidation sites excluding steroid dienone is 2. The van der Waals surface area contributed by atoms with Crippen molar-refractivity contribution in [3.8, 4) is 22.3 Å². The summed E-state index contributed by atoms with van der Waals surface area (Å²) in [5.74, 6) is -0.869. The van der Waals surface area contributed by atoms with Crippen LogP contribution in [0, 0.1) is 11.8 Å². The fourth-order valence-electron chi connectivity index (χ4n) is 9.27. The van der Waals surface area contributed by atoms with Gasteiger partial charge in [0.15, 0.2) is 0 Å². The van der Waals surface area contributed by atoms with Gasteiger partial charge in [-0.05, 0) is 0 Å². The van der Waals surface area contributed by atoms with Gasteiger partial charge in [-0.15, -0.1) is 0 Å². The fraction of sp³-hybridized carbons (Fsp3) is 0.348. The predicted molar refractivity (Wildman–Crippen MR) is 228 cm³/mol. The zero-order chi connectivity index (χ0) is 44.0. The average Bonchev–Trinajstić information content (AvgIpc) is 3.75. The number of alkyl halides is 6. The minimum absolute atomic E-state index is 0.00834. The quantitative estimate of drug-likeness (QED) is 0.104. The first-order chi connectivity index (χ1) is 28.1. The molecule has 317 valence electrons. The molecule has 6 rings (SSSR count). The van der Waals surface area contributed by atoms with Crippen molar-refractivity contribution in [2.24, 2.45) is 11.8 Å². The Bertz CT molecular complexity index is 2220. The molecule has 14 heteroatoms. The second kappa shape index (κ2) is 17.3. The summed E-state index contributed by atoms with van der Waals surface area (Å²) in [6.07, 6.45) is -4.71. The molecule has 4 aromatic rings. The van der Waals surface area contributed by atoms with Crippen LogP contribution < -0.4 is 10.5 Å². The summed E-state index contributed by atoms with van der Waals surface area (Å²) >= 11 is -6.73. The molecule has 0 heterocycles. The van der Waals surface area contributed by atoms with Crippen LogP contribution in [0.5, 0.6) is 0 Å². The van der Waals surface area contributed by atoms with E-state index in [1.165, 1.54) is 24.3 Å². The second-order valence-electron chi connectivity index (χ2n) is 16.7. The molecule has 0 spiro atoms. The van der Waals surface area contributed by atoms with Crippen molar-refractivity contribution in [1.82, 2.24) is 10.5 Å². The standard InChI is InChI=1S/2C20H18F3.C6H11BN2O2.2ClH.Hf/c2*1-13(2)10-14-11-15-6-5-8-16(18(15)12-14)17-7-3-4-9-19(17)20(21,22)23;1-3-5(10)8-7-9-6(11)4-2;;;/h2*3-9,11-13H,10H2,1-2H3;3-4H2,1-2H3,(H-,8,9,10,11);2*1H;/q;;;;;+1/p-1. The van der Waals surface area contributed by atoms with E-state index >= 15 is 0 Å². The van der Waals surface area contributed by atoms with Gasteiger partial charge in [-0.3, -0.25) is 0 Å². The monoisotopic (exact) mass is 1040 g/mol. The van der Waals surface area contributed by atoms with Gasteiger partial charge in [0.2, 0.25) is 0 Å². The average molecular weight is 1040 g/mol. The van der Waals surface area contributed by atoms with E-state index in [0.29, 0.717) is 46.2 Å². The number of halogens is 8. The summed E-state index contributed by atoms with van der Waals surface area (Å²) in [6, 6.07) is 21.0. The summed E-state index contributed by atoms with van der Waals surface area (Å²) in [6.45, 7) is 11.3. The summed E-state index contributed by atoms with van der Waals surface area (Å²) in [5.41, 5.74) is 2.58. The van der Waals surface area contributed by atoms with Crippen LogP contribution in [0.25, 0.3) is 34.4 Å². The van der Waals surface area contributed by atoms with Gasteiger partial charge < -0.3 is 0 Å². The van der Waals surface area contributed by atoms with Crippen LogP contribution in [0.3, 0.4) is 0 Å². The number of fused-ring (bicyclic) bond motifs is 2. The van der Waals surface area contributed by atoms with Crippen LogP contribution in [0.2, 0.25) is 0 Å². The van der Waals surface area contributed by atoms with Crippen LogP contribution in [0.1, 0.15) is 108 Å². The molecule has 0 saturated heterocycles. The van der Waals surface area contributed by atoms with E-state index < -0.39 is 63.1 Å². The third kappa shape index (κ3) is 8.59. The van der Waals surface area contributed by atoms with Crippen LogP contribution >= 0.6 is 17.2 Å². The van der Waals surface area contributed by atoms with Gasteiger partial charge in [0, 0.05) is 0 Å². The van der Waals surface area contributed by atoms with Gasteiger partial charge in [0.1, 0.15) is 0 Å². The molecule has 2 N–H and O–H groups in total. The van der Waals surface area contributed by atoms with Gasteiger partial charge in [0.05, 0.1) is 0 Å². The van der Waals surface area contributed by atoms with Gasteiger partial charge in [-0.25, -0.2) is 0 Å². The van der Waals surface area contributed by atoms with Crippen molar-refractivity contribution >= 4 is 45.7 Å². The van der Waals surface area contributed by atoms with E-state index in [1.54, 1.807) is 50.2 Å². The molecule has 0 aromatic heterocycles. The molecule has 2 amide bonds. The SMILES string of the molecule is CCC(=O)N[B](NC(=O)CC)[Hf]([Cl])([Cl])([CH]1C(CC(C)C)=Cc2c(-c3ccccc3C(F)(F)F)cccc21)[CH]1C(CC(C)C)=Cc2c(-c3ccccc3C(F)(F)F)cccc21. The fourth-order valence-corrected chi connectivity index (χ4v) is 38.8. The summed E-state index contributed by atoms with van der Waals surface area (Å²) in [4.78, 5) is 27.3. The Balaban J connectivity index is 1.75. The minimum atomic E-state index is -6.73. The molecule has 60 heavy (non-hydrogen) atoms. The van der Waals surface area contributed by atoms with Gasteiger partial charge >= 0.3 is 358 Å². The number of benzene rings is 4. The van der Waals surface area contributed by atoms with Crippen molar-refractivity contribution in [1.29, 1.82) is 0 Å². The first-order valence-corrected chi connectivity index (χ1v) is 35.4. The number of amides is 2. The van der Waals surface area contributed by atoms with Crippen molar-refractivity contribution in [3.63, 3.8) is 0 Å². The molecule has 0 aliphatic heterocycles. The maximum absolute atomic E-state index is 14.6. The summed E-state index contributed by atoms with van der Waals surface area (Å²) < 4.78 is 84.6. The van der Waals surface area contributed by atoms with Gasteiger partial charge in [-0.2, -0.15) is 0 Å². The molecule has 4 nitrogen and oxygen atoms in total. The summed E-state index contributed by atoms with van der Waals surface area (Å²) in [7, 11) is 17.4. The molecule has 2 aliphatic rings. The molecule has 0 saturated carbocycles. The van der Waals surface area contributed by atoms with Crippen molar-refractivity contribution in [2.45, 2.75) is 86.9 Å². The van der Waals surface area contributed by atoms with E-state index in [9.17, 15) is 35.9 Å². The van der Waals surface area contributed by atoms with Crippen LogP contribution in [-0.2, 0) is 37.8 Å². The molecule has 0 radical (unpaired) electrons. The Kier molecular flexibility index (Phi) is 13.2. The second-order valence-corrected chi connectivity index (χ2v) is 47.1. The van der Waals surface area contributed by atoms with E-state index in [0.717, 1.165) is 23.3 Å². The third-order valence-corrected chi connectivity index (χ3v) is 40.1. The topological polar surface area (TPSA) is 58.2 Å². The normalized spacial score (nSPS) is 17.1. The molecule has 2 unspecified atom stereocenters. The Labute approximate surface area is 356 Å². The Hall–Kier alpha value is -3.60. The van der Waals surface area contributed by atoms with Crippen molar-refractivity contribution in [3.05, 3.63) is 129 Å². The molecular weight excluding hydrogens is 987 g/mol. The van der Waals surface area contributed by atoms with Crippen LogP contribution in [-0.4, -0.2) is 16.4 Å². The number of hydrogen-bond donors (Lipinski definition) is 2. The van der Waals surface area contributed by atoms with Crippen molar-refractivity contribution < 1.29 is 51.8 Å². The number of carbonyl (C=O) groups excluding carboxylic acids is 2. The molecule has 2 atom stereocenters. The number of rotatable bonds is 13. The zero-order valence-corrected chi connectivity index (χ0v) is 39.4. The van der Waals surface area contributed by atoms with E-state index in [1.807, 2.05) is 52.0 Å². The summed E-state index contributed by atoms with van der Waals surface area (Å²) in [5, 5.41) is 6.08. The molecule has 0 bridgehead atoms. The maximum atomic E-state index is 14.6. The predicted octanol–water partition coefficient (Wildman–Crippen LogP) is 13.8. The number of hydrogen-bond acceptors (Lipinski definition) is 2. The van der Waals surface area contributed by atoms with E-state index in [-0.39, 0.29) is 35.8 Å². The number of nitrogens with one attached hydrogen (secondary N) is 2. The number of carbonyl (C=O) groups is 2. The van der Waals surface area contributed by atoms with E-state index in [2.05, 4.69) is 10.5 Å². The van der Waals surface area contributed by atoms with E-state index in [4.69, 9.17) is 17.2 Å². The molecule has 0 fully saturated rings. The van der Waals surface area contributed by atoms with Crippen LogP contribution in [0.15, 0.2) is 96.1 Å². The molecular formula is C46H48BCl2F6HfN2O2. The van der Waals surface area contributed by atoms with Gasteiger partial charge in [0.25, 0.3) is 0 Å². The Morgan fingerprint density at radius 1 is 0.600 bits per heavy atom. The first kappa shape index (κ1) is 45.9. The van der Waals surface area contributed by atoms with Crippen LogP contribution in [0.4, 0.5) is 26.3 Å². The molecule has 4 aromatic carbocycles. The van der Waals surface area contributed by atoms with Crippen molar-refractivity contribution in [2.75, 3.05) is 0 Å². The molecule has 2 aliphatic carbocycles. The Morgan fingerprint density at radius 2 is 0.950 bits per heavy atom. The Morgan fingerprint density at radius 3 is 1.28 bits per heavy atom. The third-order valence-electron chi connectivity index (χ3n) is 11.5.